The van der Waals surface area contributed by atoms with Crippen molar-refractivity contribution < 1.29 is 14.7 Å². The molecule has 0 saturated heterocycles. The van der Waals surface area contributed by atoms with Gasteiger partial charge < -0.3 is 10.0 Å². The number of aliphatic carboxylic acids is 1. The molecule has 0 aromatic carbocycles. The molecule has 1 atom stereocenters. The van der Waals surface area contributed by atoms with Crippen molar-refractivity contribution >= 4 is 23.2 Å². The Hall–Kier alpha value is -1.43. The van der Waals surface area contributed by atoms with Crippen molar-refractivity contribution in [1.29, 1.82) is 0 Å². The van der Waals surface area contributed by atoms with E-state index in [0.717, 1.165) is 30.7 Å². The van der Waals surface area contributed by atoms with Crippen molar-refractivity contribution in [3.63, 3.8) is 0 Å². The highest BCUT2D eigenvalue weighted by atomic mass is 32.1. The summed E-state index contributed by atoms with van der Waals surface area (Å²) in [6.07, 6.45) is 5.79. The molecule has 0 bridgehead atoms. The van der Waals surface area contributed by atoms with Gasteiger partial charge in [0.1, 0.15) is 0 Å². The zero-order chi connectivity index (χ0) is 16.1. The average Bonchev–Trinajstić information content (AvgIpc) is 2.93. The first-order chi connectivity index (χ1) is 10.5. The van der Waals surface area contributed by atoms with Crippen molar-refractivity contribution in [3.8, 4) is 0 Å². The minimum absolute atomic E-state index is 0.106. The number of rotatable bonds is 7. The van der Waals surface area contributed by atoms with Crippen molar-refractivity contribution in [1.82, 2.24) is 9.88 Å². The number of carboxylic acids is 1. The van der Waals surface area contributed by atoms with Crippen molar-refractivity contribution in [2.24, 2.45) is 0 Å². The molecule has 0 aliphatic heterocycles. The van der Waals surface area contributed by atoms with Gasteiger partial charge in [0.15, 0.2) is 0 Å². The predicted octanol–water partition coefficient (Wildman–Crippen LogP) is 3.19. The fourth-order valence-corrected chi connectivity index (χ4v) is 4.10. The van der Waals surface area contributed by atoms with Gasteiger partial charge in [-0.05, 0) is 38.5 Å². The third kappa shape index (κ3) is 4.06. The molecular formula is C16H24N2O3S. The van der Waals surface area contributed by atoms with Crippen LogP contribution in [0.5, 0.6) is 0 Å². The lowest BCUT2D eigenvalue weighted by Gasteiger charge is -2.30. The summed E-state index contributed by atoms with van der Waals surface area (Å²) >= 11 is 1.74. The number of aryl methyl sites for hydroxylation is 2. The van der Waals surface area contributed by atoms with Crippen LogP contribution in [0, 0.1) is 0 Å². The largest absolute Gasteiger partial charge is 0.481 e. The van der Waals surface area contributed by atoms with Gasteiger partial charge in [0.05, 0.1) is 21.6 Å². The number of unbranched alkanes of at least 4 members (excludes halogenated alkanes) is 1. The Morgan fingerprint density at radius 3 is 2.77 bits per heavy atom. The lowest BCUT2D eigenvalue weighted by atomic mass is 9.96. The minimum Gasteiger partial charge on any atom is -0.481 e. The van der Waals surface area contributed by atoms with E-state index in [2.05, 4.69) is 11.9 Å². The molecule has 2 rings (SSSR count). The van der Waals surface area contributed by atoms with Gasteiger partial charge in [-0.15, -0.1) is 11.3 Å². The molecule has 1 aromatic rings. The fraction of sp³-hybridized carbons (Fsp3) is 0.688. The molecule has 1 aliphatic carbocycles. The normalized spacial score (nSPS) is 17.1. The molecule has 0 radical (unpaired) electrons. The third-order valence-corrected chi connectivity index (χ3v) is 5.50. The first-order valence-corrected chi connectivity index (χ1v) is 8.80. The molecule has 22 heavy (non-hydrogen) atoms. The summed E-state index contributed by atoms with van der Waals surface area (Å²) in [5, 5.41) is 9.78. The van der Waals surface area contributed by atoms with Gasteiger partial charge in [-0.3, -0.25) is 9.59 Å². The summed E-state index contributed by atoms with van der Waals surface area (Å²) in [6, 6.07) is 0.147. The Balaban J connectivity index is 1.95. The summed E-state index contributed by atoms with van der Waals surface area (Å²) in [4.78, 5) is 30.6. The number of hydrogen-bond donors (Lipinski definition) is 1. The average molecular weight is 324 g/mol. The standard InChI is InChI=1S/C16H24N2O3S/c1-3-13-17-11-7-6-8-12(16(11)22-13)18(2)14(19)9-4-5-10-15(20)21/h12H,3-10H2,1-2H3,(H,20,21). The maximum absolute atomic E-state index is 12.3. The van der Waals surface area contributed by atoms with Gasteiger partial charge in [0.25, 0.3) is 0 Å². The van der Waals surface area contributed by atoms with Crippen LogP contribution in [0.25, 0.3) is 0 Å². The highest BCUT2D eigenvalue weighted by molar-refractivity contribution is 7.11. The van der Waals surface area contributed by atoms with Crippen LogP contribution in [0.2, 0.25) is 0 Å². The van der Waals surface area contributed by atoms with Gasteiger partial charge in [-0.25, -0.2) is 4.98 Å². The number of carbonyl (C=O) groups excluding carboxylic acids is 1. The van der Waals surface area contributed by atoms with E-state index >= 15 is 0 Å². The van der Waals surface area contributed by atoms with E-state index in [1.54, 1.807) is 11.3 Å². The molecule has 1 N–H and O–H groups in total. The van der Waals surface area contributed by atoms with Crippen LogP contribution in [-0.2, 0) is 22.4 Å². The molecule has 122 valence electrons. The van der Waals surface area contributed by atoms with Gasteiger partial charge in [0.2, 0.25) is 5.91 Å². The summed E-state index contributed by atoms with van der Waals surface area (Å²) in [7, 11) is 1.87. The molecule has 0 fully saturated rings. The first-order valence-electron chi connectivity index (χ1n) is 7.98. The van der Waals surface area contributed by atoms with Gasteiger partial charge in [-0.1, -0.05) is 6.92 Å². The first kappa shape index (κ1) is 16.9. The second-order valence-corrected chi connectivity index (χ2v) is 6.90. The predicted molar refractivity (Wildman–Crippen MR) is 86.0 cm³/mol. The number of hydrogen-bond acceptors (Lipinski definition) is 4. The number of aromatic nitrogens is 1. The highest BCUT2D eigenvalue weighted by Crippen LogP contribution is 2.37. The third-order valence-electron chi connectivity index (χ3n) is 4.16. The zero-order valence-electron chi connectivity index (χ0n) is 13.3. The van der Waals surface area contributed by atoms with Crippen molar-refractivity contribution in [2.75, 3.05) is 7.05 Å². The summed E-state index contributed by atoms with van der Waals surface area (Å²) in [5.41, 5.74) is 1.17. The Morgan fingerprint density at radius 2 is 2.09 bits per heavy atom. The molecular weight excluding hydrogens is 300 g/mol. The van der Waals surface area contributed by atoms with E-state index in [1.807, 2.05) is 11.9 Å². The molecule has 0 spiro atoms. The van der Waals surface area contributed by atoms with Crippen LogP contribution >= 0.6 is 11.3 Å². The van der Waals surface area contributed by atoms with Crippen LogP contribution in [0.15, 0.2) is 0 Å². The van der Waals surface area contributed by atoms with Gasteiger partial charge >= 0.3 is 5.97 Å². The van der Waals surface area contributed by atoms with Crippen molar-refractivity contribution in [3.05, 3.63) is 15.6 Å². The lowest BCUT2D eigenvalue weighted by molar-refractivity contribution is -0.137. The molecule has 6 heteroatoms. The number of fused-ring (bicyclic) bond motifs is 1. The maximum atomic E-state index is 12.3. The Morgan fingerprint density at radius 1 is 1.36 bits per heavy atom. The number of amides is 1. The van der Waals surface area contributed by atoms with Crippen LogP contribution in [0.1, 0.15) is 67.1 Å². The second-order valence-electron chi connectivity index (χ2n) is 5.79. The van der Waals surface area contributed by atoms with Crippen LogP contribution in [-0.4, -0.2) is 33.9 Å². The molecule has 1 aromatic heterocycles. The Kier molecular flexibility index (Phi) is 5.94. The minimum atomic E-state index is -0.797. The summed E-state index contributed by atoms with van der Waals surface area (Å²) in [5.74, 6) is -0.691. The topological polar surface area (TPSA) is 70.5 Å². The molecule has 1 amide bonds. The number of thiazole rings is 1. The van der Waals surface area contributed by atoms with Gasteiger partial charge in [0, 0.05) is 19.9 Å². The SMILES string of the molecule is CCc1nc2c(s1)C(N(C)C(=O)CCCCC(=O)O)CCC2. The molecule has 1 heterocycles. The van der Waals surface area contributed by atoms with E-state index in [0.29, 0.717) is 19.3 Å². The quantitative estimate of drug-likeness (QED) is 0.782. The van der Waals surface area contributed by atoms with E-state index in [9.17, 15) is 9.59 Å². The van der Waals surface area contributed by atoms with E-state index < -0.39 is 5.97 Å². The number of carbonyl (C=O) groups is 2. The molecule has 5 nitrogen and oxygen atoms in total. The van der Waals surface area contributed by atoms with Crippen LogP contribution < -0.4 is 0 Å². The van der Waals surface area contributed by atoms with E-state index in [-0.39, 0.29) is 18.4 Å². The van der Waals surface area contributed by atoms with Crippen molar-refractivity contribution in [2.45, 2.75) is 64.3 Å². The second kappa shape index (κ2) is 7.72. The monoisotopic (exact) mass is 324 g/mol. The van der Waals surface area contributed by atoms with E-state index in [1.165, 1.54) is 10.6 Å². The maximum Gasteiger partial charge on any atom is 0.303 e. The van der Waals surface area contributed by atoms with Crippen LogP contribution in [0.4, 0.5) is 0 Å². The molecule has 0 saturated carbocycles. The van der Waals surface area contributed by atoms with Gasteiger partial charge in [-0.2, -0.15) is 0 Å². The summed E-state index contributed by atoms with van der Waals surface area (Å²) in [6.45, 7) is 2.11. The smallest absolute Gasteiger partial charge is 0.303 e. The number of nitrogens with zero attached hydrogens (tertiary/aromatic N) is 2. The Labute approximate surface area is 135 Å². The highest BCUT2D eigenvalue weighted by Gasteiger charge is 2.29. The fourth-order valence-electron chi connectivity index (χ4n) is 2.87. The number of carboxylic acid groups (broad SMARTS) is 1. The lowest BCUT2D eigenvalue weighted by Crippen LogP contribution is -2.32. The summed E-state index contributed by atoms with van der Waals surface area (Å²) < 4.78 is 0. The molecule has 1 unspecified atom stereocenters. The zero-order valence-corrected chi connectivity index (χ0v) is 14.1. The molecule has 1 aliphatic rings. The Bertz CT molecular complexity index is 541. The van der Waals surface area contributed by atoms with E-state index in [4.69, 9.17) is 5.11 Å². The van der Waals surface area contributed by atoms with Crippen LogP contribution in [0.3, 0.4) is 0 Å².